The molecule has 0 heterocycles. The van der Waals surface area contributed by atoms with Gasteiger partial charge in [0, 0.05) is 11.5 Å². The molecule has 1 fully saturated rings. The maximum Gasteiger partial charge on any atom is 0.334 e. The number of fused-ring (bicyclic) bond motifs is 5. The van der Waals surface area contributed by atoms with Crippen LogP contribution in [-0.2, 0) is 9.53 Å². The highest BCUT2D eigenvalue weighted by molar-refractivity contribution is 6.03. The first-order valence-corrected chi connectivity index (χ1v) is 10.4. The Morgan fingerprint density at radius 2 is 1.69 bits per heavy atom. The van der Waals surface area contributed by atoms with Crippen LogP contribution in [0.3, 0.4) is 0 Å². The first-order valence-electron chi connectivity index (χ1n) is 10.4. The SMILES string of the molecule is CCCCCC[C@H]1[C@H]2C=C[C@@H]1[C@H]1C(C(=O)OCC)=C(c3ccccc3)[C@@H]21. The lowest BCUT2D eigenvalue weighted by atomic mass is 9.61. The molecule has 3 aliphatic rings. The average molecular weight is 351 g/mol. The number of allylic oxidation sites excluding steroid dienone is 3. The quantitative estimate of drug-likeness (QED) is 0.344. The van der Waals surface area contributed by atoms with Crippen LogP contribution < -0.4 is 0 Å². The van der Waals surface area contributed by atoms with Crippen LogP contribution in [0.4, 0.5) is 0 Å². The fraction of sp³-hybridized carbons (Fsp3) is 0.542. The van der Waals surface area contributed by atoms with Crippen molar-refractivity contribution in [1.82, 2.24) is 0 Å². The van der Waals surface area contributed by atoms with Gasteiger partial charge in [-0.05, 0) is 48.2 Å². The van der Waals surface area contributed by atoms with Gasteiger partial charge in [0.05, 0.1) is 6.61 Å². The van der Waals surface area contributed by atoms with Crippen LogP contribution in [-0.4, -0.2) is 12.6 Å². The summed E-state index contributed by atoms with van der Waals surface area (Å²) in [5.74, 6) is 2.68. The predicted molar refractivity (Wildman–Crippen MR) is 105 cm³/mol. The standard InChI is InChI=1S/C24H30O2/c1-3-5-6-10-13-17-18-14-15-19(17)22-21(18)20(16-11-8-7-9-12-16)23(22)24(25)26-4-2/h7-9,11-12,14-15,17-19,21-22H,3-6,10,13H2,1-2H3/t17-,18+,19-,21+,22+/m0/s1. The average Bonchev–Trinajstić information content (AvgIpc) is 3.12. The van der Waals surface area contributed by atoms with Crippen molar-refractivity contribution < 1.29 is 9.53 Å². The highest BCUT2D eigenvalue weighted by atomic mass is 16.5. The number of benzene rings is 1. The summed E-state index contributed by atoms with van der Waals surface area (Å²) in [6.07, 6.45) is 11.4. The van der Waals surface area contributed by atoms with Crippen LogP contribution in [0.2, 0.25) is 0 Å². The number of rotatable bonds is 8. The van der Waals surface area contributed by atoms with E-state index < -0.39 is 0 Å². The number of ether oxygens (including phenoxy) is 1. The second-order valence-electron chi connectivity index (χ2n) is 8.02. The molecule has 26 heavy (non-hydrogen) atoms. The third kappa shape index (κ3) is 2.74. The van der Waals surface area contributed by atoms with Crippen LogP contribution >= 0.6 is 0 Å². The summed E-state index contributed by atoms with van der Waals surface area (Å²) in [7, 11) is 0. The van der Waals surface area contributed by atoms with Crippen molar-refractivity contribution in [3.8, 4) is 0 Å². The molecule has 138 valence electrons. The molecule has 0 N–H and O–H groups in total. The van der Waals surface area contributed by atoms with Gasteiger partial charge in [-0.25, -0.2) is 4.79 Å². The zero-order valence-electron chi connectivity index (χ0n) is 16.0. The molecule has 0 spiro atoms. The number of esters is 1. The number of hydrogen-bond acceptors (Lipinski definition) is 2. The first-order chi connectivity index (χ1) is 12.8. The molecule has 0 aromatic heterocycles. The van der Waals surface area contributed by atoms with E-state index in [1.165, 1.54) is 43.2 Å². The van der Waals surface area contributed by atoms with Crippen LogP contribution in [0.1, 0.15) is 51.5 Å². The normalized spacial score (nSPS) is 31.1. The Labute approximate surface area is 157 Å². The topological polar surface area (TPSA) is 26.3 Å². The number of hydrogen-bond donors (Lipinski definition) is 0. The Kier molecular flexibility index (Phi) is 5.02. The monoisotopic (exact) mass is 350 g/mol. The molecule has 2 bridgehead atoms. The van der Waals surface area contributed by atoms with E-state index in [1.807, 2.05) is 13.0 Å². The Bertz CT molecular complexity index is 715. The minimum absolute atomic E-state index is 0.0849. The van der Waals surface area contributed by atoms with Gasteiger partial charge in [-0.1, -0.05) is 75.1 Å². The number of carbonyl (C=O) groups is 1. The Morgan fingerprint density at radius 3 is 2.38 bits per heavy atom. The van der Waals surface area contributed by atoms with E-state index in [2.05, 4.69) is 43.3 Å². The third-order valence-corrected chi connectivity index (χ3v) is 6.69. The van der Waals surface area contributed by atoms with Crippen molar-refractivity contribution in [3.63, 3.8) is 0 Å². The summed E-state index contributed by atoms with van der Waals surface area (Å²) in [4.78, 5) is 12.7. The molecule has 0 unspecified atom stereocenters. The lowest BCUT2D eigenvalue weighted by Crippen LogP contribution is -2.37. The Morgan fingerprint density at radius 1 is 0.962 bits per heavy atom. The van der Waals surface area contributed by atoms with Gasteiger partial charge in [-0.2, -0.15) is 0 Å². The minimum atomic E-state index is -0.0849. The number of carbonyl (C=O) groups excluding carboxylic acids is 1. The minimum Gasteiger partial charge on any atom is -0.463 e. The van der Waals surface area contributed by atoms with E-state index in [0.717, 1.165) is 5.57 Å². The molecule has 3 aliphatic carbocycles. The molecular formula is C24H30O2. The molecule has 0 saturated heterocycles. The molecule has 1 saturated carbocycles. The van der Waals surface area contributed by atoms with Gasteiger partial charge in [-0.3, -0.25) is 0 Å². The van der Waals surface area contributed by atoms with Gasteiger partial charge in [0.2, 0.25) is 0 Å². The Balaban J connectivity index is 1.59. The zero-order valence-corrected chi connectivity index (χ0v) is 16.0. The predicted octanol–water partition coefficient (Wildman–Crippen LogP) is 5.65. The van der Waals surface area contributed by atoms with Gasteiger partial charge in [0.25, 0.3) is 0 Å². The summed E-state index contributed by atoms with van der Waals surface area (Å²) in [6.45, 7) is 4.61. The zero-order chi connectivity index (χ0) is 18.1. The molecule has 4 rings (SSSR count). The maximum absolute atomic E-state index is 12.7. The second kappa shape index (κ2) is 7.42. The fourth-order valence-electron chi connectivity index (χ4n) is 5.67. The fourth-order valence-corrected chi connectivity index (χ4v) is 5.67. The van der Waals surface area contributed by atoms with Crippen LogP contribution in [0.5, 0.6) is 0 Å². The largest absolute Gasteiger partial charge is 0.463 e. The molecular weight excluding hydrogens is 320 g/mol. The van der Waals surface area contributed by atoms with E-state index in [-0.39, 0.29) is 5.97 Å². The molecule has 1 aromatic rings. The van der Waals surface area contributed by atoms with Crippen molar-refractivity contribution in [1.29, 1.82) is 0 Å². The lowest BCUT2D eigenvalue weighted by molar-refractivity contribution is -0.139. The van der Waals surface area contributed by atoms with Crippen molar-refractivity contribution >= 4 is 11.5 Å². The summed E-state index contributed by atoms with van der Waals surface area (Å²) < 4.78 is 5.44. The molecule has 0 aliphatic heterocycles. The van der Waals surface area contributed by atoms with E-state index in [4.69, 9.17) is 4.74 Å². The second-order valence-corrected chi connectivity index (χ2v) is 8.02. The molecule has 1 aromatic carbocycles. The van der Waals surface area contributed by atoms with Gasteiger partial charge in [0.15, 0.2) is 0 Å². The highest BCUT2D eigenvalue weighted by Crippen LogP contribution is 2.66. The van der Waals surface area contributed by atoms with Crippen LogP contribution in [0.15, 0.2) is 48.1 Å². The van der Waals surface area contributed by atoms with Gasteiger partial charge < -0.3 is 4.74 Å². The van der Waals surface area contributed by atoms with Gasteiger partial charge >= 0.3 is 5.97 Å². The van der Waals surface area contributed by atoms with Crippen LogP contribution in [0.25, 0.3) is 5.57 Å². The smallest absolute Gasteiger partial charge is 0.334 e. The number of unbranched alkanes of at least 4 members (excludes halogenated alkanes) is 3. The summed E-state index contributed by atoms with van der Waals surface area (Å²) >= 11 is 0. The first kappa shape index (κ1) is 17.6. The molecule has 0 amide bonds. The molecule has 5 atom stereocenters. The van der Waals surface area contributed by atoms with E-state index in [9.17, 15) is 4.79 Å². The summed E-state index contributed by atoms with van der Waals surface area (Å²) in [5.41, 5.74) is 3.45. The molecule has 2 nitrogen and oxygen atoms in total. The van der Waals surface area contributed by atoms with Crippen molar-refractivity contribution in [2.24, 2.45) is 29.6 Å². The Hall–Kier alpha value is -1.83. The summed E-state index contributed by atoms with van der Waals surface area (Å²) in [6, 6.07) is 10.5. The van der Waals surface area contributed by atoms with E-state index in [0.29, 0.717) is 36.2 Å². The summed E-state index contributed by atoms with van der Waals surface area (Å²) in [5, 5.41) is 0. The molecule has 0 radical (unpaired) electrons. The van der Waals surface area contributed by atoms with E-state index in [1.54, 1.807) is 0 Å². The van der Waals surface area contributed by atoms with Gasteiger partial charge in [-0.15, -0.1) is 0 Å². The van der Waals surface area contributed by atoms with Crippen molar-refractivity contribution in [2.45, 2.75) is 46.0 Å². The van der Waals surface area contributed by atoms with E-state index >= 15 is 0 Å². The molecule has 2 heteroatoms. The highest BCUT2D eigenvalue weighted by Gasteiger charge is 2.61. The van der Waals surface area contributed by atoms with Crippen molar-refractivity contribution in [3.05, 3.63) is 53.6 Å². The van der Waals surface area contributed by atoms with Crippen molar-refractivity contribution in [2.75, 3.05) is 6.61 Å². The third-order valence-electron chi connectivity index (χ3n) is 6.69. The van der Waals surface area contributed by atoms with Gasteiger partial charge in [0.1, 0.15) is 0 Å². The van der Waals surface area contributed by atoms with Crippen LogP contribution in [0, 0.1) is 29.6 Å². The maximum atomic E-state index is 12.7. The lowest BCUT2D eigenvalue weighted by Gasteiger charge is -2.42.